The van der Waals surface area contributed by atoms with Gasteiger partial charge in [-0.25, -0.2) is 4.98 Å². The third-order valence-corrected chi connectivity index (χ3v) is 6.52. The lowest BCUT2D eigenvalue weighted by molar-refractivity contribution is 0.0622. The summed E-state index contributed by atoms with van der Waals surface area (Å²) in [6.07, 6.45) is 3.46. The number of benzene rings is 1. The van der Waals surface area contributed by atoms with Crippen LogP contribution in [0.2, 0.25) is 0 Å². The number of aromatic nitrogens is 4. The summed E-state index contributed by atoms with van der Waals surface area (Å²) in [5.41, 5.74) is 3.81. The van der Waals surface area contributed by atoms with Gasteiger partial charge in [-0.1, -0.05) is 30.3 Å². The molecule has 3 heterocycles. The molecule has 1 unspecified atom stereocenters. The number of piperidine rings is 1. The Morgan fingerprint density at radius 3 is 2.80 bits per heavy atom. The Balaban J connectivity index is 1.45. The SMILES string of the molecule is Cc1nc2c(c(=O)[nH]1)CCC21CCCN(C(=O)c2cc(-c3ccccc3)nn2C)C1. The third kappa shape index (κ3) is 2.96. The molecule has 1 saturated heterocycles. The number of carbonyl (C=O) groups is 1. The van der Waals surface area contributed by atoms with Crippen LogP contribution in [0.1, 0.15) is 46.8 Å². The average molecular weight is 403 g/mol. The molecule has 5 rings (SSSR count). The minimum atomic E-state index is -0.219. The molecule has 1 aromatic carbocycles. The van der Waals surface area contributed by atoms with Gasteiger partial charge in [-0.2, -0.15) is 5.10 Å². The fourth-order valence-electron chi connectivity index (χ4n) is 5.05. The summed E-state index contributed by atoms with van der Waals surface area (Å²) in [4.78, 5) is 35.3. The van der Waals surface area contributed by atoms with Crippen molar-refractivity contribution in [3.63, 3.8) is 0 Å². The van der Waals surface area contributed by atoms with E-state index in [0.717, 1.165) is 48.2 Å². The van der Waals surface area contributed by atoms with Gasteiger partial charge in [0.2, 0.25) is 0 Å². The first-order valence-electron chi connectivity index (χ1n) is 10.5. The molecule has 1 aliphatic carbocycles. The van der Waals surface area contributed by atoms with Crippen LogP contribution < -0.4 is 5.56 Å². The number of nitrogens with one attached hydrogen (secondary N) is 1. The molecule has 3 aromatic rings. The van der Waals surface area contributed by atoms with Crippen molar-refractivity contribution in [2.45, 2.75) is 38.0 Å². The van der Waals surface area contributed by atoms with E-state index in [-0.39, 0.29) is 16.9 Å². The molecule has 7 heteroatoms. The van der Waals surface area contributed by atoms with Gasteiger partial charge in [0.15, 0.2) is 0 Å². The van der Waals surface area contributed by atoms with Crippen LogP contribution in [0.25, 0.3) is 11.3 Å². The number of rotatable bonds is 2. The molecule has 7 nitrogen and oxygen atoms in total. The third-order valence-electron chi connectivity index (χ3n) is 6.52. The molecule has 1 amide bonds. The molecule has 0 radical (unpaired) electrons. The van der Waals surface area contributed by atoms with Crippen LogP contribution in [-0.2, 0) is 18.9 Å². The highest BCUT2D eigenvalue weighted by molar-refractivity contribution is 5.94. The summed E-state index contributed by atoms with van der Waals surface area (Å²) < 4.78 is 1.67. The monoisotopic (exact) mass is 403 g/mol. The second kappa shape index (κ2) is 6.93. The molecule has 1 aliphatic heterocycles. The van der Waals surface area contributed by atoms with Crippen LogP contribution in [0.5, 0.6) is 0 Å². The molecule has 1 N–H and O–H groups in total. The van der Waals surface area contributed by atoms with Crippen molar-refractivity contribution in [2.75, 3.05) is 13.1 Å². The van der Waals surface area contributed by atoms with Crippen molar-refractivity contribution in [1.82, 2.24) is 24.6 Å². The predicted molar refractivity (Wildman–Crippen MR) is 113 cm³/mol. The number of aryl methyl sites for hydroxylation is 2. The minimum absolute atomic E-state index is 0.0127. The fraction of sp³-hybridized carbons (Fsp3) is 0.391. The van der Waals surface area contributed by atoms with E-state index in [9.17, 15) is 9.59 Å². The number of likely N-dealkylation sites (tertiary alicyclic amines) is 1. The maximum Gasteiger partial charge on any atom is 0.272 e. The molecule has 0 bridgehead atoms. The molecule has 154 valence electrons. The van der Waals surface area contributed by atoms with E-state index in [1.165, 1.54) is 0 Å². The van der Waals surface area contributed by atoms with Crippen molar-refractivity contribution in [1.29, 1.82) is 0 Å². The van der Waals surface area contributed by atoms with Gasteiger partial charge in [0.25, 0.3) is 11.5 Å². The number of amides is 1. The highest BCUT2D eigenvalue weighted by Crippen LogP contribution is 2.43. The van der Waals surface area contributed by atoms with E-state index in [4.69, 9.17) is 4.98 Å². The molecular formula is C23H25N5O2. The fourth-order valence-corrected chi connectivity index (χ4v) is 5.05. The van der Waals surface area contributed by atoms with Crippen LogP contribution >= 0.6 is 0 Å². The van der Waals surface area contributed by atoms with Crippen LogP contribution in [0.3, 0.4) is 0 Å². The molecule has 30 heavy (non-hydrogen) atoms. The minimum Gasteiger partial charge on any atom is -0.336 e. The highest BCUT2D eigenvalue weighted by Gasteiger charge is 2.45. The molecule has 1 atom stereocenters. The molecule has 1 fully saturated rings. The number of hydrogen-bond donors (Lipinski definition) is 1. The summed E-state index contributed by atoms with van der Waals surface area (Å²) in [6.45, 7) is 3.13. The van der Waals surface area contributed by atoms with Gasteiger partial charge in [0.1, 0.15) is 11.5 Å². The van der Waals surface area contributed by atoms with E-state index >= 15 is 0 Å². The van der Waals surface area contributed by atoms with Gasteiger partial charge in [-0.05, 0) is 38.7 Å². The second-order valence-electron chi connectivity index (χ2n) is 8.49. The standard InChI is InChI=1S/C23H25N5O2/c1-15-24-20-17(21(29)25-15)9-11-23(20)10-6-12-28(14-23)22(30)19-13-18(26-27(19)2)16-7-4-3-5-8-16/h3-5,7-8,13H,6,9-12,14H2,1-2H3,(H,24,25,29). The molecule has 2 aromatic heterocycles. The van der Waals surface area contributed by atoms with Crippen LogP contribution in [0, 0.1) is 6.92 Å². The number of nitrogens with zero attached hydrogens (tertiary/aromatic N) is 4. The molecule has 0 saturated carbocycles. The van der Waals surface area contributed by atoms with Gasteiger partial charge >= 0.3 is 0 Å². The van der Waals surface area contributed by atoms with Crippen molar-refractivity contribution in [3.05, 3.63) is 69.5 Å². The van der Waals surface area contributed by atoms with Gasteiger partial charge in [-0.15, -0.1) is 0 Å². The number of aromatic amines is 1. The van der Waals surface area contributed by atoms with Crippen molar-refractivity contribution >= 4 is 5.91 Å². The molecule has 1 spiro atoms. The summed E-state index contributed by atoms with van der Waals surface area (Å²) in [5.74, 6) is 0.629. The van der Waals surface area contributed by atoms with Crippen molar-refractivity contribution < 1.29 is 4.79 Å². The van der Waals surface area contributed by atoms with Gasteiger partial charge < -0.3 is 9.88 Å². The molecular weight excluding hydrogens is 378 g/mol. The van der Waals surface area contributed by atoms with E-state index in [1.54, 1.807) is 4.68 Å². The first kappa shape index (κ1) is 18.8. The number of fused-ring (bicyclic) bond motifs is 2. The first-order valence-corrected chi connectivity index (χ1v) is 10.5. The Morgan fingerprint density at radius 1 is 1.20 bits per heavy atom. The quantitative estimate of drug-likeness (QED) is 0.713. The number of carbonyl (C=O) groups excluding carboxylic acids is 1. The lowest BCUT2D eigenvalue weighted by atomic mass is 9.77. The van der Waals surface area contributed by atoms with Gasteiger partial charge in [0.05, 0.1) is 11.4 Å². The smallest absolute Gasteiger partial charge is 0.272 e. The van der Waals surface area contributed by atoms with Gasteiger partial charge in [-0.3, -0.25) is 14.3 Å². The Bertz CT molecular complexity index is 1180. The largest absolute Gasteiger partial charge is 0.336 e. The zero-order valence-corrected chi connectivity index (χ0v) is 17.3. The Morgan fingerprint density at radius 2 is 2.00 bits per heavy atom. The van der Waals surface area contributed by atoms with Gasteiger partial charge in [0, 0.05) is 36.7 Å². The topological polar surface area (TPSA) is 83.9 Å². The first-order chi connectivity index (χ1) is 14.5. The maximum atomic E-state index is 13.4. The zero-order chi connectivity index (χ0) is 20.9. The summed E-state index contributed by atoms with van der Waals surface area (Å²) in [6, 6.07) is 11.8. The highest BCUT2D eigenvalue weighted by atomic mass is 16.2. The summed E-state index contributed by atoms with van der Waals surface area (Å²) in [7, 11) is 1.81. The number of hydrogen-bond acceptors (Lipinski definition) is 4. The summed E-state index contributed by atoms with van der Waals surface area (Å²) in [5, 5.41) is 4.56. The van der Waals surface area contributed by atoms with E-state index < -0.39 is 0 Å². The maximum absolute atomic E-state index is 13.4. The Hall–Kier alpha value is -3.22. The van der Waals surface area contributed by atoms with Crippen LogP contribution in [0.15, 0.2) is 41.2 Å². The lowest BCUT2D eigenvalue weighted by Gasteiger charge is -2.40. The van der Waals surface area contributed by atoms with E-state index in [1.807, 2.05) is 55.3 Å². The molecule has 2 aliphatic rings. The lowest BCUT2D eigenvalue weighted by Crippen LogP contribution is -2.48. The van der Waals surface area contributed by atoms with Crippen LogP contribution in [0.4, 0.5) is 0 Å². The Labute approximate surface area is 174 Å². The Kier molecular flexibility index (Phi) is 4.34. The van der Waals surface area contributed by atoms with Crippen LogP contribution in [-0.4, -0.2) is 43.6 Å². The second-order valence-corrected chi connectivity index (χ2v) is 8.49. The van der Waals surface area contributed by atoms with Crippen molar-refractivity contribution in [3.8, 4) is 11.3 Å². The van der Waals surface area contributed by atoms with E-state index in [0.29, 0.717) is 24.6 Å². The number of H-pyrrole nitrogens is 1. The van der Waals surface area contributed by atoms with Crippen molar-refractivity contribution in [2.24, 2.45) is 7.05 Å². The summed E-state index contributed by atoms with van der Waals surface area (Å²) >= 11 is 0. The predicted octanol–water partition coefficient (Wildman–Crippen LogP) is 2.60. The van der Waals surface area contributed by atoms with E-state index in [2.05, 4.69) is 10.1 Å². The average Bonchev–Trinajstić information content (AvgIpc) is 3.30. The normalized spacial score (nSPS) is 20.5. The zero-order valence-electron chi connectivity index (χ0n) is 17.3.